The number of anilines is 2. The molecular formula is C35H51N3O2. The van der Waals surface area contributed by atoms with Crippen LogP contribution in [-0.4, -0.2) is 38.2 Å². The van der Waals surface area contributed by atoms with Gasteiger partial charge in [-0.2, -0.15) is 0 Å². The molecule has 5 nitrogen and oxygen atoms in total. The SMILES string of the molecule is CCC.CCCC(C)(CCN(C)c1ccc(NC(=O)c2ccc(OCC)cc2)c(C)c1)NCC1C=CC=CC=C1. The van der Waals surface area contributed by atoms with Crippen LogP contribution >= 0.6 is 0 Å². The monoisotopic (exact) mass is 545 g/mol. The number of hydrogen-bond acceptors (Lipinski definition) is 4. The minimum absolute atomic E-state index is 0.0745. The maximum atomic E-state index is 12.7. The highest BCUT2D eigenvalue weighted by Crippen LogP contribution is 2.25. The first-order valence-corrected chi connectivity index (χ1v) is 14.9. The Balaban J connectivity index is 0.00000178. The van der Waals surface area contributed by atoms with Crippen molar-refractivity contribution in [2.24, 2.45) is 5.92 Å². The lowest BCUT2D eigenvalue weighted by Crippen LogP contribution is -2.46. The van der Waals surface area contributed by atoms with Crippen LogP contribution in [0.2, 0.25) is 0 Å². The van der Waals surface area contributed by atoms with Crippen molar-refractivity contribution in [1.82, 2.24) is 5.32 Å². The van der Waals surface area contributed by atoms with E-state index in [9.17, 15) is 4.79 Å². The van der Waals surface area contributed by atoms with Crippen LogP contribution in [0.3, 0.4) is 0 Å². The normalized spacial score (nSPS) is 14.1. The van der Waals surface area contributed by atoms with Gasteiger partial charge in [0.1, 0.15) is 5.75 Å². The molecule has 0 fully saturated rings. The molecule has 0 saturated carbocycles. The summed E-state index contributed by atoms with van der Waals surface area (Å²) in [6.45, 7) is 15.3. The number of hydrogen-bond donors (Lipinski definition) is 2. The van der Waals surface area contributed by atoms with Gasteiger partial charge in [-0.05, 0) is 81.6 Å². The molecule has 40 heavy (non-hydrogen) atoms. The summed E-state index contributed by atoms with van der Waals surface area (Å²) in [5, 5.41) is 6.90. The Labute approximate surface area is 243 Å². The number of benzene rings is 2. The van der Waals surface area contributed by atoms with Gasteiger partial charge in [-0.1, -0.05) is 70.1 Å². The Hall–Kier alpha value is -3.31. The molecule has 0 heterocycles. The average molecular weight is 546 g/mol. The zero-order valence-electron chi connectivity index (χ0n) is 25.8. The molecular weight excluding hydrogens is 494 g/mol. The van der Waals surface area contributed by atoms with Crippen molar-refractivity contribution in [3.8, 4) is 5.75 Å². The van der Waals surface area contributed by atoms with Crippen molar-refractivity contribution in [3.63, 3.8) is 0 Å². The van der Waals surface area contributed by atoms with Crippen LogP contribution < -0.4 is 20.3 Å². The van der Waals surface area contributed by atoms with Crippen molar-refractivity contribution in [2.75, 3.05) is 37.0 Å². The van der Waals surface area contributed by atoms with Crippen LogP contribution in [0.1, 0.15) is 76.2 Å². The predicted molar refractivity (Wildman–Crippen MR) is 173 cm³/mol. The third-order valence-electron chi connectivity index (χ3n) is 6.94. The lowest BCUT2D eigenvalue weighted by molar-refractivity contribution is 0.102. The first-order valence-electron chi connectivity index (χ1n) is 14.9. The van der Waals surface area contributed by atoms with Crippen LogP contribution in [0.5, 0.6) is 5.75 Å². The van der Waals surface area contributed by atoms with E-state index in [1.165, 1.54) is 6.42 Å². The fraction of sp³-hybridized carbons (Fsp3) is 0.457. The molecule has 1 atom stereocenters. The summed E-state index contributed by atoms with van der Waals surface area (Å²) >= 11 is 0. The molecule has 1 amide bonds. The fourth-order valence-corrected chi connectivity index (χ4v) is 4.59. The number of allylic oxidation sites excluding steroid dienone is 4. The van der Waals surface area contributed by atoms with Crippen LogP contribution in [0.15, 0.2) is 78.9 Å². The predicted octanol–water partition coefficient (Wildman–Crippen LogP) is 8.34. The van der Waals surface area contributed by atoms with Gasteiger partial charge >= 0.3 is 0 Å². The molecule has 2 aromatic carbocycles. The average Bonchev–Trinajstić information content (AvgIpc) is 3.22. The summed E-state index contributed by atoms with van der Waals surface area (Å²) in [5.41, 5.74) is 3.70. The van der Waals surface area contributed by atoms with Crippen molar-refractivity contribution in [2.45, 2.75) is 72.8 Å². The lowest BCUT2D eigenvalue weighted by Gasteiger charge is -2.34. The van der Waals surface area contributed by atoms with E-state index in [0.29, 0.717) is 18.1 Å². The van der Waals surface area contributed by atoms with Gasteiger partial charge in [-0.25, -0.2) is 0 Å². The summed E-state index contributed by atoms with van der Waals surface area (Å²) in [4.78, 5) is 15.0. The van der Waals surface area contributed by atoms with Crippen LogP contribution in [0.25, 0.3) is 0 Å². The molecule has 0 saturated heterocycles. The van der Waals surface area contributed by atoms with Gasteiger partial charge < -0.3 is 20.3 Å². The van der Waals surface area contributed by atoms with Gasteiger partial charge in [0.05, 0.1) is 6.61 Å². The molecule has 0 bridgehead atoms. The Bertz CT molecular complexity index is 1100. The first-order chi connectivity index (χ1) is 19.2. The van der Waals surface area contributed by atoms with Gasteiger partial charge in [-0.3, -0.25) is 4.79 Å². The summed E-state index contributed by atoms with van der Waals surface area (Å²) < 4.78 is 5.47. The summed E-state index contributed by atoms with van der Waals surface area (Å²) in [5.74, 6) is 1.06. The molecule has 0 radical (unpaired) electrons. The summed E-state index contributed by atoms with van der Waals surface area (Å²) in [7, 11) is 2.14. The highest BCUT2D eigenvalue weighted by Gasteiger charge is 2.24. The van der Waals surface area contributed by atoms with E-state index in [2.05, 4.69) is 98.9 Å². The summed E-state index contributed by atoms with van der Waals surface area (Å²) in [6.07, 6.45) is 17.5. The molecule has 0 aliphatic heterocycles. The number of carbonyl (C=O) groups is 1. The van der Waals surface area contributed by atoms with Crippen molar-refractivity contribution < 1.29 is 9.53 Å². The molecule has 0 spiro atoms. The van der Waals surface area contributed by atoms with E-state index in [1.807, 2.05) is 32.0 Å². The number of nitrogens with zero attached hydrogens (tertiary/aromatic N) is 1. The maximum Gasteiger partial charge on any atom is 0.255 e. The number of aryl methyl sites for hydroxylation is 1. The molecule has 0 aromatic heterocycles. The standard InChI is InChI=1S/C32H43N3O2.C3H8/c1-6-20-32(4,33-24-26-12-10-8-9-11-13-26)21-22-35(5)28-16-19-30(25(3)23-28)34-31(36)27-14-17-29(18-15-27)37-7-2;1-3-2/h8-19,23,26,33H,6-7,20-22,24H2,1-5H3,(H,34,36);3H2,1-2H3. The molecule has 218 valence electrons. The smallest absolute Gasteiger partial charge is 0.255 e. The second-order valence-electron chi connectivity index (χ2n) is 10.8. The van der Waals surface area contributed by atoms with Crippen molar-refractivity contribution in [1.29, 1.82) is 0 Å². The Morgan fingerprint density at radius 1 is 0.950 bits per heavy atom. The van der Waals surface area contributed by atoms with E-state index >= 15 is 0 Å². The van der Waals surface area contributed by atoms with Crippen LogP contribution in [0.4, 0.5) is 11.4 Å². The topological polar surface area (TPSA) is 53.6 Å². The van der Waals surface area contributed by atoms with Gasteiger partial charge in [0.25, 0.3) is 5.91 Å². The first kappa shape index (κ1) is 32.9. The summed E-state index contributed by atoms with van der Waals surface area (Å²) in [6, 6.07) is 13.5. The molecule has 5 heteroatoms. The number of amides is 1. The van der Waals surface area contributed by atoms with Crippen LogP contribution in [-0.2, 0) is 0 Å². The van der Waals surface area contributed by atoms with E-state index in [0.717, 1.165) is 55.0 Å². The Morgan fingerprint density at radius 3 is 2.17 bits per heavy atom. The van der Waals surface area contributed by atoms with Gasteiger partial charge in [-0.15, -0.1) is 0 Å². The molecule has 2 N–H and O–H groups in total. The van der Waals surface area contributed by atoms with Gasteiger partial charge in [0, 0.05) is 48.5 Å². The van der Waals surface area contributed by atoms with E-state index < -0.39 is 0 Å². The van der Waals surface area contributed by atoms with Crippen molar-refractivity contribution in [3.05, 3.63) is 90.0 Å². The fourth-order valence-electron chi connectivity index (χ4n) is 4.59. The molecule has 1 aliphatic rings. The van der Waals surface area contributed by atoms with Crippen LogP contribution in [0, 0.1) is 12.8 Å². The number of ether oxygens (including phenoxy) is 1. The zero-order chi connectivity index (χ0) is 29.4. The third-order valence-corrected chi connectivity index (χ3v) is 6.94. The molecule has 2 aromatic rings. The second kappa shape index (κ2) is 17.4. The molecule has 1 aliphatic carbocycles. The van der Waals surface area contributed by atoms with E-state index in [-0.39, 0.29) is 11.4 Å². The van der Waals surface area contributed by atoms with Gasteiger partial charge in [0.2, 0.25) is 0 Å². The number of rotatable bonds is 13. The lowest BCUT2D eigenvalue weighted by atomic mass is 9.91. The highest BCUT2D eigenvalue weighted by atomic mass is 16.5. The molecule has 3 rings (SSSR count). The minimum atomic E-state index is -0.122. The Morgan fingerprint density at radius 2 is 1.60 bits per heavy atom. The largest absolute Gasteiger partial charge is 0.494 e. The van der Waals surface area contributed by atoms with E-state index in [4.69, 9.17) is 4.74 Å². The maximum absolute atomic E-state index is 12.7. The zero-order valence-corrected chi connectivity index (χ0v) is 25.8. The number of carbonyl (C=O) groups excluding carboxylic acids is 1. The number of nitrogens with one attached hydrogen (secondary N) is 2. The second-order valence-corrected chi connectivity index (χ2v) is 10.8. The third kappa shape index (κ3) is 11.1. The Kier molecular flexibility index (Phi) is 14.3. The van der Waals surface area contributed by atoms with E-state index in [1.54, 1.807) is 12.1 Å². The molecule has 1 unspecified atom stereocenters. The quantitative estimate of drug-likeness (QED) is 0.266. The minimum Gasteiger partial charge on any atom is -0.494 e. The van der Waals surface area contributed by atoms with Crippen molar-refractivity contribution >= 4 is 17.3 Å². The highest BCUT2D eigenvalue weighted by molar-refractivity contribution is 6.04. The van der Waals surface area contributed by atoms with Gasteiger partial charge in [0.15, 0.2) is 0 Å².